The van der Waals surface area contributed by atoms with E-state index in [1.165, 1.54) is 19.3 Å². The van der Waals surface area contributed by atoms with Crippen molar-refractivity contribution in [2.24, 2.45) is 10.4 Å². The number of halogens is 3. The molecule has 2 N–H and O–H groups in total. The zero-order valence-corrected chi connectivity index (χ0v) is 12.8. The van der Waals surface area contributed by atoms with Gasteiger partial charge in [0.25, 0.3) is 6.43 Å². The standard InChI is InChI=1S/C11H21F2N3.HI/c1-3-11(5-4-6-11)8-16-10(14-2)15-7-9(12)13;/h9H,3-8H2,1-2H3,(H2,14,15,16);1H. The lowest BCUT2D eigenvalue weighted by Gasteiger charge is -2.41. The SMILES string of the molecule is CCC1(CNC(=NC)NCC(F)F)CCC1.I. The van der Waals surface area contributed by atoms with E-state index >= 15 is 0 Å². The van der Waals surface area contributed by atoms with Crippen molar-refractivity contribution in [3.8, 4) is 0 Å². The molecule has 0 atom stereocenters. The lowest BCUT2D eigenvalue weighted by molar-refractivity contribution is 0.130. The topological polar surface area (TPSA) is 36.4 Å². The van der Waals surface area contributed by atoms with E-state index in [0.717, 1.165) is 13.0 Å². The summed E-state index contributed by atoms with van der Waals surface area (Å²) < 4.78 is 24.0. The van der Waals surface area contributed by atoms with Crippen LogP contribution in [0.5, 0.6) is 0 Å². The first-order valence-corrected chi connectivity index (χ1v) is 5.84. The highest BCUT2D eigenvalue weighted by molar-refractivity contribution is 14.0. The summed E-state index contributed by atoms with van der Waals surface area (Å²) in [6.45, 7) is 2.65. The van der Waals surface area contributed by atoms with Crippen LogP contribution in [0, 0.1) is 5.41 Å². The van der Waals surface area contributed by atoms with Gasteiger partial charge in [-0.15, -0.1) is 24.0 Å². The monoisotopic (exact) mass is 361 g/mol. The quantitative estimate of drug-likeness (QED) is 0.449. The highest BCUT2D eigenvalue weighted by atomic mass is 127. The maximum absolute atomic E-state index is 12.0. The third-order valence-electron chi connectivity index (χ3n) is 3.44. The molecule has 0 spiro atoms. The second-order valence-electron chi connectivity index (χ2n) is 4.40. The van der Waals surface area contributed by atoms with Gasteiger partial charge in [-0.1, -0.05) is 13.3 Å². The highest BCUT2D eigenvalue weighted by Gasteiger charge is 2.34. The van der Waals surface area contributed by atoms with Crippen molar-refractivity contribution in [2.75, 3.05) is 20.1 Å². The van der Waals surface area contributed by atoms with E-state index in [4.69, 9.17) is 0 Å². The fraction of sp³-hybridized carbons (Fsp3) is 0.909. The molecule has 1 aliphatic carbocycles. The Morgan fingerprint density at radius 2 is 2.00 bits per heavy atom. The van der Waals surface area contributed by atoms with Crippen molar-refractivity contribution in [1.29, 1.82) is 0 Å². The van der Waals surface area contributed by atoms with Gasteiger partial charge in [0.05, 0.1) is 6.54 Å². The molecule has 1 saturated carbocycles. The second kappa shape index (κ2) is 8.05. The normalized spacial score (nSPS) is 18.3. The molecule has 3 nitrogen and oxygen atoms in total. The number of nitrogens with one attached hydrogen (secondary N) is 2. The number of alkyl halides is 2. The van der Waals surface area contributed by atoms with Crippen LogP contribution in [0.1, 0.15) is 32.6 Å². The van der Waals surface area contributed by atoms with Gasteiger partial charge < -0.3 is 10.6 Å². The first kappa shape index (κ1) is 16.9. The zero-order valence-electron chi connectivity index (χ0n) is 10.4. The molecule has 0 bridgehead atoms. The second-order valence-corrected chi connectivity index (χ2v) is 4.40. The van der Waals surface area contributed by atoms with Crippen molar-refractivity contribution in [1.82, 2.24) is 10.6 Å². The number of aliphatic imine (C=N–C) groups is 1. The van der Waals surface area contributed by atoms with E-state index in [1.807, 2.05) is 0 Å². The molecular formula is C11H22F2IN3. The number of hydrogen-bond acceptors (Lipinski definition) is 1. The predicted molar refractivity (Wildman–Crippen MR) is 77.4 cm³/mol. The summed E-state index contributed by atoms with van der Waals surface area (Å²) in [4.78, 5) is 3.92. The van der Waals surface area contributed by atoms with Crippen LogP contribution in [0.15, 0.2) is 4.99 Å². The molecular weight excluding hydrogens is 339 g/mol. The number of nitrogens with zero attached hydrogens (tertiary/aromatic N) is 1. The molecule has 0 aromatic carbocycles. The molecule has 6 heteroatoms. The Bertz CT molecular complexity index is 237. The lowest BCUT2D eigenvalue weighted by Crippen LogP contribution is -2.47. The molecule has 1 rings (SSSR count). The van der Waals surface area contributed by atoms with E-state index in [-0.39, 0.29) is 30.5 Å². The van der Waals surface area contributed by atoms with Gasteiger partial charge in [-0.05, 0) is 24.7 Å². The van der Waals surface area contributed by atoms with E-state index in [2.05, 4.69) is 22.5 Å². The minimum Gasteiger partial charge on any atom is -0.356 e. The summed E-state index contributed by atoms with van der Waals surface area (Å²) in [6, 6.07) is 0. The molecule has 0 heterocycles. The Labute approximate surface area is 119 Å². The van der Waals surface area contributed by atoms with Crippen molar-refractivity contribution in [3.05, 3.63) is 0 Å². The van der Waals surface area contributed by atoms with Crippen molar-refractivity contribution >= 4 is 29.9 Å². The molecule has 0 aliphatic heterocycles. The van der Waals surface area contributed by atoms with Crippen LogP contribution >= 0.6 is 24.0 Å². The van der Waals surface area contributed by atoms with Gasteiger partial charge in [-0.25, -0.2) is 8.78 Å². The molecule has 102 valence electrons. The largest absolute Gasteiger partial charge is 0.356 e. The Morgan fingerprint density at radius 1 is 1.35 bits per heavy atom. The summed E-state index contributed by atoms with van der Waals surface area (Å²) in [6.07, 6.45) is 2.51. The van der Waals surface area contributed by atoms with E-state index < -0.39 is 6.43 Å². The number of rotatable bonds is 5. The minimum atomic E-state index is -2.35. The van der Waals surface area contributed by atoms with E-state index in [0.29, 0.717) is 11.4 Å². The summed E-state index contributed by atoms with van der Waals surface area (Å²) in [5, 5.41) is 5.73. The van der Waals surface area contributed by atoms with Gasteiger partial charge in [-0.2, -0.15) is 0 Å². The van der Waals surface area contributed by atoms with Crippen molar-refractivity contribution in [2.45, 2.75) is 39.0 Å². The average molecular weight is 361 g/mol. The van der Waals surface area contributed by atoms with Crippen LogP contribution < -0.4 is 10.6 Å². The molecule has 0 aromatic rings. The molecule has 0 amide bonds. The van der Waals surface area contributed by atoms with E-state index in [9.17, 15) is 8.78 Å². The molecule has 17 heavy (non-hydrogen) atoms. The predicted octanol–water partition coefficient (Wildman–Crippen LogP) is 2.61. The fourth-order valence-electron chi connectivity index (χ4n) is 2.00. The number of hydrogen-bond donors (Lipinski definition) is 2. The summed E-state index contributed by atoms with van der Waals surface area (Å²) in [5.41, 5.74) is 0.364. The molecule has 0 unspecified atom stereocenters. The smallest absolute Gasteiger partial charge is 0.255 e. The van der Waals surface area contributed by atoms with Gasteiger partial charge >= 0.3 is 0 Å². The molecule has 0 radical (unpaired) electrons. The average Bonchev–Trinajstić information content (AvgIpc) is 2.21. The molecule has 0 aromatic heterocycles. The maximum atomic E-state index is 12.0. The van der Waals surface area contributed by atoms with Crippen LogP contribution in [0.4, 0.5) is 8.78 Å². The highest BCUT2D eigenvalue weighted by Crippen LogP contribution is 2.42. The summed E-state index contributed by atoms with van der Waals surface area (Å²) in [5.74, 6) is 0.472. The third kappa shape index (κ3) is 5.35. The molecule has 0 saturated heterocycles. The zero-order chi connectivity index (χ0) is 12.0. The Balaban J connectivity index is 0.00000256. The number of guanidine groups is 1. The van der Waals surface area contributed by atoms with Gasteiger partial charge in [0, 0.05) is 13.6 Å². The summed E-state index contributed by atoms with van der Waals surface area (Å²) >= 11 is 0. The lowest BCUT2D eigenvalue weighted by atomic mass is 9.67. The maximum Gasteiger partial charge on any atom is 0.255 e. The molecule has 1 fully saturated rings. The van der Waals surface area contributed by atoms with Crippen molar-refractivity contribution in [3.63, 3.8) is 0 Å². The Hall–Kier alpha value is -0.140. The first-order chi connectivity index (χ1) is 7.62. The van der Waals surface area contributed by atoms with Crippen molar-refractivity contribution < 1.29 is 8.78 Å². The Morgan fingerprint density at radius 3 is 2.35 bits per heavy atom. The van der Waals surface area contributed by atoms with Crippen LogP contribution in [-0.4, -0.2) is 32.5 Å². The molecule has 1 aliphatic rings. The minimum absolute atomic E-state index is 0. The van der Waals surface area contributed by atoms with Gasteiger partial charge in [0.15, 0.2) is 5.96 Å². The van der Waals surface area contributed by atoms with Gasteiger partial charge in [-0.3, -0.25) is 4.99 Å². The summed E-state index contributed by atoms with van der Waals surface area (Å²) in [7, 11) is 1.60. The van der Waals surface area contributed by atoms with Gasteiger partial charge in [0.2, 0.25) is 0 Å². The van der Waals surface area contributed by atoms with Gasteiger partial charge in [0.1, 0.15) is 0 Å². The van der Waals surface area contributed by atoms with Crippen LogP contribution in [0.3, 0.4) is 0 Å². The third-order valence-corrected chi connectivity index (χ3v) is 3.44. The Kier molecular flexibility index (Phi) is 7.98. The van der Waals surface area contributed by atoms with Crippen LogP contribution in [-0.2, 0) is 0 Å². The van der Waals surface area contributed by atoms with Crippen LogP contribution in [0.2, 0.25) is 0 Å². The van der Waals surface area contributed by atoms with Crippen LogP contribution in [0.25, 0.3) is 0 Å². The fourth-order valence-corrected chi connectivity index (χ4v) is 2.00. The van der Waals surface area contributed by atoms with E-state index in [1.54, 1.807) is 7.05 Å². The first-order valence-electron chi connectivity index (χ1n) is 5.84.